The van der Waals surface area contributed by atoms with Crippen LogP contribution in [0.2, 0.25) is 0 Å². The topological polar surface area (TPSA) is 18.5 Å². The molecule has 0 rings (SSSR count). The number of hydrogen-bond acceptors (Lipinski definition) is 2. The van der Waals surface area contributed by atoms with Crippen LogP contribution in [-0.4, -0.2) is 20.0 Å². The Morgan fingerprint density at radius 2 is 1.42 bits per heavy atom. The number of ether oxygens (including phenoxy) is 2. The molecule has 0 unspecified atom stereocenters. The Balaban J connectivity index is -0.00000144. The summed E-state index contributed by atoms with van der Waals surface area (Å²) in [6.07, 6.45) is 15.7. The van der Waals surface area contributed by atoms with Crippen LogP contribution in [-0.2, 0) is 9.47 Å². The summed E-state index contributed by atoms with van der Waals surface area (Å²) < 4.78 is 10.8. The molecule has 0 bridgehead atoms. The maximum atomic E-state index is 5.42. The van der Waals surface area contributed by atoms with Crippen molar-refractivity contribution >= 4 is 0 Å². The van der Waals surface area contributed by atoms with Crippen molar-refractivity contribution in [1.29, 1.82) is 0 Å². The van der Waals surface area contributed by atoms with Crippen LogP contribution >= 0.6 is 0 Å². The predicted octanol–water partition coefficient (Wildman–Crippen LogP) is 2.20. The molecule has 0 amide bonds. The molecule has 0 spiro atoms. The van der Waals surface area contributed by atoms with E-state index in [2.05, 4.69) is 26.0 Å². The van der Waals surface area contributed by atoms with Gasteiger partial charge in [0, 0.05) is 6.61 Å². The van der Waals surface area contributed by atoms with Gasteiger partial charge in [0.1, 0.15) is 6.79 Å². The Morgan fingerprint density at radius 1 is 0.789 bits per heavy atom. The molecule has 110 valence electrons. The zero-order valence-electron chi connectivity index (χ0n) is 14.5. The van der Waals surface area contributed by atoms with Gasteiger partial charge in [-0.05, 0) is 19.3 Å². The smallest absolute Gasteiger partial charge is 1.00 e. The molecule has 0 aromatic carbocycles. The van der Waals surface area contributed by atoms with Crippen LogP contribution in [0.3, 0.4) is 0 Å². The zero-order valence-corrected chi connectivity index (χ0v) is 13.5. The van der Waals surface area contributed by atoms with E-state index < -0.39 is 0 Å². The normalized spacial score (nSPS) is 10.8. The minimum Gasteiger partial charge on any atom is -1.00 e. The van der Waals surface area contributed by atoms with Crippen LogP contribution < -0.4 is 18.9 Å². The van der Waals surface area contributed by atoms with E-state index in [-0.39, 0.29) is 20.3 Å². The van der Waals surface area contributed by atoms with E-state index in [0.717, 1.165) is 26.1 Å². The van der Waals surface area contributed by atoms with E-state index in [1.54, 1.807) is 0 Å². The van der Waals surface area contributed by atoms with E-state index >= 15 is 0 Å². The van der Waals surface area contributed by atoms with Gasteiger partial charge in [0.2, 0.25) is 0 Å². The van der Waals surface area contributed by atoms with Crippen LogP contribution in [0.1, 0.15) is 73.1 Å². The fourth-order valence-electron chi connectivity index (χ4n) is 1.77. The molecule has 0 aromatic rings. The standard InChI is InChI=1S/C16H32O2.Li.H/c1-3-5-7-9-10-11-13-15-18-16-17-14-12-8-6-4-2;;/h6,8H,3-5,7,9-16H2,1-2H3;;/q;+1;-1/b8-6+;;. The van der Waals surface area contributed by atoms with E-state index in [9.17, 15) is 0 Å². The molecule has 0 heterocycles. The Morgan fingerprint density at radius 3 is 2.11 bits per heavy atom. The molecule has 0 saturated carbocycles. The molecule has 0 aromatic heterocycles. The molecule has 0 atom stereocenters. The summed E-state index contributed by atoms with van der Waals surface area (Å²) in [4.78, 5) is 0. The summed E-state index contributed by atoms with van der Waals surface area (Å²) in [5.74, 6) is 0. The average Bonchev–Trinajstić information content (AvgIpc) is 2.39. The second kappa shape index (κ2) is 20.6. The summed E-state index contributed by atoms with van der Waals surface area (Å²) in [6, 6.07) is 0. The molecule has 0 aliphatic heterocycles. The third-order valence-electron chi connectivity index (χ3n) is 2.89. The van der Waals surface area contributed by atoms with Crippen molar-refractivity contribution in [3.8, 4) is 0 Å². The Labute approximate surface area is 134 Å². The van der Waals surface area contributed by atoms with Gasteiger partial charge in [-0.1, -0.05) is 64.5 Å². The summed E-state index contributed by atoms with van der Waals surface area (Å²) in [6.45, 7) is 6.47. The van der Waals surface area contributed by atoms with Crippen molar-refractivity contribution in [2.75, 3.05) is 20.0 Å². The van der Waals surface area contributed by atoms with Crippen molar-refractivity contribution in [2.45, 2.75) is 71.6 Å². The molecule has 0 aliphatic rings. The predicted molar refractivity (Wildman–Crippen MR) is 79.9 cm³/mol. The molecule has 0 saturated heterocycles. The second-order valence-electron chi connectivity index (χ2n) is 4.72. The number of rotatable bonds is 14. The molecule has 3 heteroatoms. The second-order valence-corrected chi connectivity index (χ2v) is 4.72. The van der Waals surface area contributed by atoms with E-state index in [1.807, 2.05) is 0 Å². The fraction of sp³-hybridized carbons (Fsp3) is 0.875. The van der Waals surface area contributed by atoms with Gasteiger partial charge in [-0.15, -0.1) is 0 Å². The minimum atomic E-state index is 0. The molecular formula is C16H33LiO2. The summed E-state index contributed by atoms with van der Waals surface area (Å²) >= 11 is 0. The van der Waals surface area contributed by atoms with Crippen LogP contribution in [0, 0.1) is 0 Å². The summed E-state index contributed by atoms with van der Waals surface area (Å²) in [5.41, 5.74) is 0. The van der Waals surface area contributed by atoms with Crippen molar-refractivity contribution in [3.05, 3.63) is 12.2 Å². The van der Waals surface area contributed by atoms with Gasteiger partial charge in [0.05, 0.1) is 6.61 Å². The molecule has 0 fully saturated rings. The number of hydrogen-bond donors (Lipinski definition) is 0. The van der Waals surface area contributed by atoms with E-state index in [4.69, 9.17) is 9.47 Å². The van der Waals surface area contributed by atoms with Gasteiger partial charge >= 0.3 is 18.9 Å². The van der Waals surface area contributed by atoms with Gasteiger partial charge in [0.15, 0.2) is 0 Å². The largest absolute Gasteiger partial charge is 1.00 e. The maximum absolute atomic E-state index is 5.42. The van der Waals surface area contributed by atoms with E-state index in [1.165, 1.54) is 44.9 Å². The van der Waals surface area contributed by atoms with E-state index in [0.29, 0.717) is 6.79 Å². The summed E-state index contributed by atoms with van der Waals surface area (Å²) in [7, 11) is 0. The molecule has 2 nitrogen and oxygen atoms in total. The van der Waals surface area contributed by atoms with Crippen LogP contribution in [0.4, 0.5) is 0 Å². The van der Waals surface area contributed by atoms with Crippen LogP contribution in [0.5, 0.6) is 0 Å². The van der Waals surface area contributed by atoms with Crippen molar-refractivity contribution in [3.63, 3.8) is 0 Å². The summed E-state index contributed by atoms with van der Waals surface area (Å²) in [5, 5.41) is 0. The van der Waals surface area contributed by atoms with Crippen LogP contribution in [0.15, 0.2) is 12.2 Å². The Hall–Kier alpha value is 0.257. The SMILES string of the molecule is CC/C=C/CCOCOCCCCCCCCC.[H-].[Li+]. The number of allylic oxidation sites excluding steroid dienone is 1. The van der Waals surface area contributed by atoms with Gasteiger partial charge in [-0.3, -0.25) is 0 Å². The first kappa shape index (κ1) is 21.6. The quantitative estimate of drug-likeness (QED) is 0.207. The Kier molecular flexibility index (Phi) is 23.3. The molecule has 0 radical (unpaired) electrons. The first-order valence-corrected chi connectivity index (χ1v) is 7.72. The number of unbranched alkanes of at least 4 members (excludes halogenated alkanes) is 6. The molecular weight excluding hydrogens is 231 g/mol. The maximum Gasteiger partial charge on any atom is 1.00 e. The third kappa shape index (κ3) is 20.7. The fourth-order valence-corrected chi connectivity index (χ4v) is 1.77. The van der Waals surface area contributed by atoms with Gasteiger partial charge < -0.3 is 10.9 Å². The average molecular weight is 264 g/mol. The van der Waals surface area contributed by atoms with Gasteiger partial charge in [-0.2, -0.15) is 0 Å². The first-order chi connectivity index (χ1) is 8.91. The zero-order chi connectivity index (χ0) is 13.3. The first-order valence-electron chi connectivity index (χ1n) is 7.72. The van der Waals surface area contributed by atoms with Crippen LogP contribution in [0.25, 0.3) is 0 Å². The van der Waals surface area contributed by atoms with Gasteiger partial charge in [0.25, 0.3) is 0 Å². The van der Waals surface area contributed by atoms with Gasteiger partial charge in [-0.25, -0.2) is 0 Å². The van der Waals surface area contributed by atoms with Crippen molar-refractivity contribution < 1.29 is 29.8 Å². The third-order valence-corrected chi connectivity index (χ3v) is 2.89. The molecule has 0 N–H and O–H groups in total. The van der Waals surface area contributed by atoms with Crippen molar-refractivity contribution in [1.82, 2.24) is 0 Å². The minimum absolute atomic E-state index is 0. The van der Waals surface area contributed by atoms with Crippen molar-refractivity contribution in [2.24, 2.45) is 0 Å². The Bertz CT molecular complexity index is 178. The molecule has 0 aliphatic carbocycles. The molecule has 19 heavy (non-hydrogen) atoms. The monoisotopic (exact) mass is 264 g/mol.